The summed E-state index contributed by atoms with van der Waals surface area (Å²) in [5.41, 5.74) is 14.6. The Bertz CT molecular complexity index is 1750. The molecule has 0 amide bonds. The summed E-state index contributed by atoms with van der Waals surface area (Å²) in [6.07, 6.45) is 9.28. The van der Waals surface area contributed by atoms with E-state index in [0.717, 1.165) is 12.8 Å². The number of benzene rings is 4. The van der Waals surface area contributed by atoms with Gasteiger partial charge in [-0.05, 0) is 0 Å². The van der Waals surface area contributed by atoms with Crippen LogP contribution >= 0.6 is 0 Å². The number of hydrogen-bond acceptors (Lipinski definition) is 0. The van der Waals surface area contributed by atoms with Crippen molar-refractivity contribution in [3.63, 3.8) is 0 Å². The topological polar surface area (TPSA) is 0 Å². The molecule has 0 saturated carbocycles. The van der Waals surface area contributed by atoms with E-state index in [1.807, 2.05) is 0 Å². The number of hydrogen-bond donors (Lipinski definition) is 0. The zero-order valence-corrected chi connectivity index (χ0v) is 29.1. The molecule has 0 unspecified atom stereocenters. The maximum absolute atomic E-state index is 2.76. The molecule has 212 valence electrons. The first-order chi connectivity index (χ1) is 19.9. The van der Waals surface area contributed by atoms with E-state index in [0.29, 0.717) is 0 Å². The molecule has 0 nitrogen and oxygen atoms in total. The van der Waals surface area contributed by atoms with Crippen molar-refractivity contribution in [1.82, 2.24) is 0 Å². The number of aryl methyl sites for hydroxylation is 2. The van der Waals surface area contributed by atoms with Crippen molar-refractivity contribution in [2.75, 3.05) is 0 Å². The van der Waals surface area contributed by atoms with Gasteiger partial charge in [-0.2, -0.15) is 0 Å². The fraction of sp³-hybridized carbons (Fsp3) is 0.293. The van der Waals surface area contributed by atoms with Crippen LogP contribution in [-0.2, 0) is 38.5 Å². The van der Waals surface area contributed by atoms with Crippen molar-refractivity contribution in [3.8, 4) is 11.1 Å². The van der Waals surface area contributed by atoms with Crippen LogP contribution in [0.1, 0.15) is 92.5 Å². The molecule has 2 aliphatic carbocycles. The summed E-state index contributed by atoms with van der Waals surface area (Å²) in [4.78, 5) is 0. The van der Waals surface area contributed by atoms with Crippen molar-refractivity contribution in [2.24, 2.45) is 0 Å². The average molecular weight is 628 g/mol. The Labute approximate surface area is 261 Å². The van der Waals surface area contributed by atoms with Crippen LogP contribution in [0.25, 0.3) is 11.1 Å². The molecule has 6 rings (SSSR count). The molecule has 0 fully saturated rings. The van der Waals surface area contributed by atoms with E-state index in [2.05, 4.69) is 152 Å². The molecule has 0 radical (unpaired) electrons. The van der Waals surface area contributed by atoms with Crippen molar-refractivity contribution >= 4 is 6.48 Å². The van der Waals surface area contributed by atoms with E-state index < -0.39 is 21.3 Å². The molecule has 0 aromatic heterocycles. The van der Waals surface area contributed by atoms with Gasteiger partial charge < -0.3 is 0 Å². The van der Waals surface area contributed by atoms with E-state index in [9.17, 15) is 0 Å². The van der Waals surface area contributed by atoms with Crippen LogP contribution < -0.4 is 3.27 Å². The van der Waals surface area contributed by atoms with E-state index in [1.54, 1.807) is 20.9 Å². The minimum absolute atomic E-state index is 0.0540. The van der Waals surface area contributed by atoms with Crippen LogP contribution in [0.3, 0.4) is 0 Å². The second-order valence-electron chi connectivity index (χ2n) is 14.4. The van der Waals surface area contributed by atoms with E-state index in [-0.39, 0.29) is 10.8 Å². The molecule has 0 heterocycles. The zero-order valence-electron chi connectivity index (χ0n) is 26.7. The Morgan fingerprint density at radius 3 is 1.88 bits per heavy atom. The van der Waals surface area contributed by atoms with Gasteiger partial charge in [-0.25, -0.2) is 0 Å². The van der Waals surface area contributed by atoms with Crippen molar-refractivity contribution in [3.05, 3.63) is 145 Å². The third kappa shape index (κ3) is 5.46. The molecule has 0 aliphatic heterocycles. The fourth-order valence-electron chi connectivity index (χ4n) is 6.79. The SMILES string of the molecule is Cc1cccc([C](c2cccc(C)c2)=[Zr]([C]2=CC=CC2)[c]2c(C(C)(C)C)ccc3c2Cc2cc(C(C)(C)C)ccc2-3)c1. The molecule has 4 aromatic rings. The second kappa shape index (κ2) is 11.0. The van der Waals surface area contributed by atoms with Gasteiger partial charge >= 0.3 is 263 Å². The molecule has 4 aromatic carbocycles. The monoisotopic (exact) mass is 626 g/mol. The first-order valence-electron chi connectivity index (χ1n) is 15.5. The summed E-state index contributed by atoms with van der Waals surface area (Å²) in [5.74, 6) is 0. The Morgan fingerprint density at radius 1 is 0.690 bits per heavy atom. The molecule has 42 heavy (non-hydrogen) atoms. The maximum atomic E-state index is 2.50. The van der Waals surface area contributed by atoms with Crippen LogP contribution in [0.4, 0.5) is 0 Å². The fourth-order valence-corrected chi connectivity index (χ4v) is 15.7. The predicted molar refractivity (Wildman–Crippen MR) is 179 cm³/mol. The van der Waals surface area contributed by atoms with Crippen molar-refractivity contribution in [2.45, 2.75) is 79.1 Å². The quantitative estimate of drug-likeness (QED) is 0.186. The average Bonchev–Trinajstić information content (AvgIpc) is 3.58. The number of allylic oxidation sites excluding steroid dienone is 4. The number of fused-ring (bicyclic) bond motifs is 3. The van der Waals surface area contributed by atoms with Gasteiger partial charge in [0, 0.05) is 0 Å². The summed E-state index contributed by atoms with van der Waals surface area (Å²) < 4.78 is 5.01. The standard InChI is InChI=1S/C21H25.C15H14.C5H5.Zr/c1-20(2,3)16-7-9-18-14(12-16)11-15-13-17(21(4,5)6)8-10-19(15)18;1-12-5-3-7-14(9-12)11-15-8-4-6-13(2)10-15;1-2-4-5-3-1;/h7-10,12H,11H2,1-6H3;3-10H,1-2H3;1-3H,4H2;. The molecule has 1 heteroatoms. The van der Waals surface area contributed by atoms with Gasteiger partial charge in [-0.1, -0.05) is 0 Å². The molecule has 0 spiro atoms. The van der Waals surface area contributed by atoms with Gasteiger partial charge in [0.1, 0.15) is 0 Å². The van der Waals surface area contributed by atoms with Gasteiger partial charge in [0.15, 0.2) is 0 Å². The summed E-state index contributed by atoms with van der Waals surface area (Å²) >= 11 is -2.76. The molecular weight excluding hydrogens is 584 g/mol. The minimum atomic E-state index is -2.76. The molecule has 0 N–H and O–H groups in total. The van der Waals surface area contributed by atoms with Crippen LogP contribution in [0.5, 0.6) is 0 Å². The Balaban J connectivity index is 1.74. The Kier molecular flexibility index (Phi) is 7.64. The normalized spacial score (nSPS) is 14.0. The summed E-state index contributed by atoms with van der Waals surface area (Å²) in [7, 11) is 0. The molecule has 0 bridgehead atoms. The van der Waals surface area contributed by atoms with Crippen LogP contribution in [0, 0.1) is 13.8 Å². The molecule has 0 saturated heterocycles. The van der Waals surface area contributed by atoms with Crippen LogP contribution in [0.2, 0.25) is 0 Å². The van der Waals surface area contributed by atoms with Crippen LogP contribution in [-0.4, -0.2) is 3.21 Å². The van der Waals surface area contributed by atoms with Gasteiger partial charge in [-0.3, -0.25) is 0 Å². The van der Waals surface area contributed by atoms with Gasteiger partial charge in [-0.15, -0.1) is 0 Å². The Morgan fingerprint density at radius 2 is 1.33 bits per heavy atom. The van der Waals surface area contributed by atoms with Crippen LogP contribution in [0.15, 0.2) is 100 Å². The molecular formula is C41H44Zr. The zero-order chi connectivity index (χ0) is 29.8. The van der Waals surface area contributed by atoms with Gasteiger partial charge in [0.25, 0.3) is 0 Å². The van der Waals surface area contributed by atoms with Crippen molar-refractivity contribution in [1.29, 1.82) is 0 Å². The Hall–Kier alpha value is -2.89. The first-order valence-corrected chi connectivity index (χ1v) is 19.2. The summed E-state index contributed by atoms with van der Waals surface area (Å²) in [5, 5.41) is 0. The summed E-state index contributed by atoms with van der Waals surface area (Å²) in [6, 6.07) is 30.8. The number of rotatable bonds is 4. The van der Waals surface area contributed by atoms with E-state index in [1.165, 1.54) is 44.5 Å². The first kappa shape index (κ1) is 29.2. The van der Waals surface area contributed by atoms with Gasteiger partial charge in [0.2, 0.25) is 0 Å². The van der Waals surface area contributed by atoms with Gasteiger partial charge in [0.05, 0.1) is 0 Å². The molecule has 0 atom stereocenters. The summed E-state index contributed by atoms with van der Waals surface area (Å²) in [6.45, 7) is 18.7. The molecule has 2 aliphatic rings. The second-order valence-corrected chi connectivity index (χ2v) is 20.3. The van der Waals surface area contributed by atoms with E-state index in [4.69, 9.17) is 0 Å². The predicted octanol–water partition coefficient (Wildman–Crippen LogP) is 9.83. The third-order valence-electron chi connectivity index (χ3n) is 8.96. The third-order valence-corrected chi connectivity index (χ3v) is 16.7. The van der Waals surface area contributed by atoms with Crippen molar-refractivity contribution < 1.29 is 21.3 Å². The van der Waals surface area contributed by atoms with E-state index >= 15 is 0 Å².